The number of hydrogen-bond donors (Lipinski definition) is 1. The van der Waals surface area contributed by atoms with E-state index in [0.717, 1.165) is 5.71 Å². The van der Waals surface area contributed by atoms with E-state index in [0.29, 0.717) is 5.92 Å². The highest BCUT2D eigenvalue weighted by atomic mass is 32.2. The van der Waals surface area contributed by atoms with Crippen LogP contribution in [0.5, 0.6) is 0 Å². The second kappa shape index (κ2) is 3.86. The Labute approximate surface area is 66.3 Å². The van der Waals surface area contributed by atoms with Gasteiger partial charge in [0.1, 0.15) is 0 Å². The summed E-state index contributed by atoms with van der Waals surface area (Å²) >= 11 is 2.03. The monoisotopic (exact) mass is 158 g/mol. The van der Waals surface area contributed by atoms with Crippen molar-refractivity contribution in [1.29, 1.82) is 0 Å². The van der Waals surface area contributed by atoms with Gasteiger partial charge in [-0.3, -0.25) is 0 Å². The lowest BCUT2D eigenvalue weighted by atomic mass is 9.98. The van der Waals surface area contributed by atoms with Crippen LogP contribution < -0.4 is 5.84 Å². The molecule has 0 aromatic rings. The first-order chi connectivity index (χ1) is 4.84. The van der Waals surface area contributed by atoms with Crippen molar-refractivity contribution >= 4 is 17.5 Å². The molecule has 10 heavy (non-hydrogen) atoms. The van der Waals surface area contributed by atoms with Crippen molar-refractivity contribution in [1.82, 2.24) is 0 Å². The molecule has 58 valence electrons. The van der Waals surface area contributed by atoms with Gasteiger partial charge >= 0.3 is 0 Å². The molecule has 0 bridgehead atoms. The number of rotatable bonds is 1. The SMILES string of the molecule is C/C(=N\N)C1CCSCC1. The molecule has 1 rings (SSSR count). The zero-order valence-corrected chi connectivity index (χ0v) is 7.16. The number of nitrogens with two attached hydrogens (primary N) is 1. The first kappa shape index (κ1) is 7.92. The van der Waals surface area contributed by atoms with Gasteiger partial charge in [-0.1, -0.05) is 0 Å². The molecular formula is C7H14N2S. The van der Waals surface area contributed by atoms with Crippen LogP contribution in [0.1, 0.15) is 19.8 Å². The van der Waals surface area contributed by atoms with Gasteiger partial charge in [0.2, 0.25) is 0 Å². The smallest absolute Gasteiger partial charge is 0.0376 e. The summed E-state index contributed by atoms with van der Waals surface area (Å²) in [6.45, 7) is 2.03. The van der Waals surface area contributed by atoms with E-state index < -0.39 is 0 Å². The zero-order chi connectivity index (χ0) is 7.40. The Morgan fingerprint density at radius 2 is 2.10 bits per heavy atom. The first-order valence-corrected chi connectivity index (χ1v) is 4.82. The highest BCUT2D eigenvalue weighted by molar-refractivity contribution is 7.99. The zero-order valence-electron chi connectivity index (χ0n) is 6.34. The maximum absolute atomic E-state index is 5.18. The minimum absolute atomic E-state index is 0.672. The highest BCUT2D eigenvalue weighted by Gasteiger charge is 2.15. The molecule has 1 aliphatic heterocycles. The topological polar surface area (TPSA) is 38.4 Å². The minimum atomic E-state index is 0.672. The van der Waals surface area contributed by atoms with Crippen molar-refractivity contribution in [2.24, 2.45) is 16.9 Å². The molecule has 2 nitrogen and oxygen atoms in total. The van der Waals surface area contributed by atoms with E-state index in [2.05, 4.69) is 5.10 Å². The third-order valence-corrected chi connectivity index (χ3v) is 3.06. The van der Waals surface area contributed by atoms with Crippen LogP contribution in [0.15, 0.2) is 5.10 Å². The van der Waals surface area contributed by atoms with Gasteiger partial charge in [0.15, 0.2) is 0 Å². The fourth-order valence-electron chi connectivity index (χ4n) is 1.22. The lowest BCUT2D eigenvalue weighted by Crippen LogP contribution is -2.18. The van der Waals surface area contributed by atoms with Crippen LogP contribution in [-0.2, 0) is 0 Å². The first-order valence-electron chi connectivity index (χ1n) is 3.66. The summed E-state index contributed by atoms with van der Waals surface area (Å²) in [5.74, 6) is 8.41. The second-order valence-electron chi connectivity index (χ2n) is 2.66. The highest BCUT2D eigenvalue weighted by Crippen LogP contribution is 2.23. The van der Waals surface area contributed by atoms with Gasteiger partial charge in [-0.15, -0.1) is 0 Å². The van der Waals surface area contributed by atoms with Gasteiger partial charge in [-0.25, -0.2) is 0 Å². The fourth-order valence-corrected chi connectivity index (χ4v) is 2.33. The minimum Gasteiger partial charge on any atom is -0.323 e. The van der Waals surface area contributed by atoms with Crippen molar-refractivity contribution in [2.75, 3.05) is 11.5 Å². The van der Waals surface area contributed by atoms with Crippen molar-refractivity contribution in [2.45, 2.75) is 19.8 Å². The Hall–Kier alpha value is -0.180. The molecule has 2 N–H and O–H groups in total. The normalized spacial score (nSPS) is 23.1. The van der Waals surface area contributed by atoms with E-state index in [1.54, 1.807) is 0 Å². The average molecular weight is 158 g/mol. The molecule has 0 aliphatic carbocycles. The van der Waals surface area contributed by atoms with Crippen molar-refractivity contribution in [3.8, 4) is 0 Å². The molecule has 1 aliphatic rings. The van der Waals surface area contributed by atoms with E-state index >= 15 is 0 Å². The molecule has 1 heterocycles. The van der Waals surface area contributed by atoms with Gasteiger partial charge in [-0.05, 0) is 31.3 Å². The molecular weight excluding hydrogens is 144 g/mol. The number of hydrazone groups is 1. The Morgan fingerprint density at radius 1 is 1.50 bits per heavy atom. The van der Waals surface area contributed by atoms with E-state index in [9.17, 15) is 0 Å². The molecule has 0 spiro atoms. The lowest BCUT2D eigenvalue weighted by molar-refractivity contribution is 0.633. The van der Waals surface area contributed by atoms with E-state index in [1.807, 2.05) is 18.7 Å². The predicted molar refractivity (Wildman–Crippen MR) is 47.3 cm³/mol. The lowest BCUT2D eigenvalue weighted by Gasteiger charge is -2.20. The summed E-state index contributed by atoms with van der Waals surface area (Å²) in [7, 11) is 0. The van der Waals surface area contributed by atoms with Crippen LogP contribution >= 0.6 is 11.8 Å². The van der Waals surface area contributed by atoms with Crippen molar-refractivity contribution in [3.05, 3.63) is 0 Å². The molecule has 0 atom stereocenters. The molecule has 0 radical (unpaired) electrons. The Bertz CT molecular complexity index is 128. The predicted octanol–water partition coefficient (Wildman–Crippen LogP) is 1.46. The van der Waals surface area contributed by atoms with Crippen LogP contribution in [0.2, 0.25) is 0 Å². The average Bonchev–Trinajstić information content (AvgIpc) is 2.05. The molecule has 0 amide bonds. The summed E-state index contributed by atoms with van der Waals surface area (Å²) in [6, 6.07) is 0. The molecule has 3 heteroatoms. The van der Waals surface area contributed by atoms with E-state index in [4.69, 9.17) is 5.84 Å². The molecule has 0 aromatic carbocycles. The van der Waals surface area contributed by atoms with Crippen LogP contribution in [-0.4, -0.2) is 17.2 Å². The van der Waals surface area contributed by atoms with Crippen LogP contribution in [0, 0.1) is 5.92 Å². The molecule has 1 saturated heterocycles. The molecule has 0 aromatic heterocycles. The van der Waals surface area contributed by atoms with Crippen LogP contribution in [0.3, 0.4) is 0 Å². The van der Waals surface area contributed by atoms with Crippen molar-refractivity contribution in [3.63, 3.8) is 0 Å². The van der Waals surface area contributed by atoms with Crippen LogP contribution in [0.4, 0.5) is 0 Å². The molecule has 1 fully saturated rings. The Morgan fingerprint density at radius 3 is 2.60 bits per heavy atom. The number of nitrogens with zero attached hydrogens (tertiary/aromatic N) is 1. The summed E-state index contributed by atoms with van der Waals surface area (Å²) in [4.78, 5) is 0. The third-order valence-electron chi connectivity index (χ3n) is 2.02. The maximum atomic E-state index is 5.18. The number of thioether (sulfide) groups is 1. The van der Waals surface area contributed by atoms with Gasteiger partial charge in [-0.2, -0.15) is 16.9 Å². The molecule has 0 unspecified atom stereocenters. The standard InChI is InChI=1S/C7H14N2S/c1-6(9-8)7-2-4-10-5-3-7/h7H,2-5,8H2,1H3/b9-6+. The summed E-state index contributed by atoms with van der Waals surface area (Å²) in [6.07, 6.45) is 2.52. The van der Waals surface area contributed by atoms with E-state index in [-0.39, 0.29) is 0 Å². The maximum Gasteiger partial charge on any atom is 0.0376 e. The van der Waals surface area contributed by atoms with Crippen LogP contribution in [0.25, 0.3) is 0 Å². The summed E-state index contributed by atoms with van der Waals surface area (Å²) in [5.41, 5.74) is 1.13. The number of hydrogen-bond acceptors (Lipinski definition) is 3. The quantitative estimate of drug-likeness (QED) is 0.356. The summed E-state index contributed by atoms with van der Waals surface area (Å²) < 4.78 is 0. The Kier molecular flexibility index (Phi) is 3.06. The van der Waals surface area contributed by atoms with E-state index in [1.165, 1.54) is 24.3 Å². The Balaban J connectivity index is 2.39. The summed E-state index contributed by atoms with van der Waals surface area (Å²) in [5, 5.41) is 3.72. The van der Waals surface area contributed by atoms with Gasteiger partial charge < -0.3 is 5.84 Å². The largest absolute Gasteiger partial charge is 0.323 e. The second-order valence-corrected chi connectivity index (χ2v) is 3.88. The third kappa shape index (κ3) is 1.90. The van der Waals surface area contributed by atoms with Crippen molar-refractivity contribution < 1.29 is 0 Å². The molecule has 0 saturated carbocycles. The fraction of sp³-hybridized carbons (Fsp3) is 0.857. The van der Waals surface area contributed by atoms with Gasteiger partial charge in [0.25, 0.3) is 0 Å². The van der Waals surface area contributed by atoms with Gasteiger partial charge in [0.05, 0.1) is 0 Å². The van der Waals surface area contributed by atoms with Gasteiger partial charge in [0, 0.05) is 11.6 Å².